The average molecular weight is 425 g/mol. The van der Waals surface area contributed by atoms with Gasteiger partial charge >= 0.3 is 0 Å². The molecule has 1 aliphatic carbocycles. The van der Waals surface area contributed by atoms with Crippen molar-refractivity contribution in [3.8, 4) is 17.1 Å². The molecule has 0 amide bonds. The van der Waals surface area contributed by atoms with Gasteiger partial charge in [-0.2, -0.15) is 4.98 Å². The van der Waals surface area contributed by atoms with Crippen molar-refractivity contribution in [2.75, 3.05) is 0 Å². The van der Waals surface area contributed by atoms with Crippen LogP contribution in [0.15, 0.2) is 24.4 Å². The van der Waals surface area contributed by atoms with Crippen LogP contribution in [-0.2, 0) is 13.7 Å². The Morgan fingerprint density at radius 1 is 1.16 bits per heavy atom. The molecule has 10 heteroatoms. The Morgan fingerprint density at radius 2 is 1.97 bits per heavy atom. The summed E-state index contributed by atoms with van der Waals surface area (Å²) in [7, 11) is 1.79. The first kappa shape index (κ1) is 19.5. The minimum absolute atomic E-state index is 0.0165. The maximum Gasteiger partial charge on any atom is 0.236 e. The molecule has 0 radical (unpaired) electrons. The third-order valence-electron chi connectivity index (χ3n) is 5.82. The number of aryl methyl sites for hydroxylation is 2. The standard InChI is InChI=1S/C21H21F2N7O/c1-12-26-27-18(15-8-5-9-16(22)17(15)23)20-25-21(31-11-14-10-24-28-29(14)2)19(30(12)20)13-6-3-4-7-13/h5,8-10,13H,3-4,6-7,11H2,1-2H3. The van der Waals surface area contributed by atoms with Crippen LogP contribution in [-0.4, -0.2) is 34.6 Å². The van der Waals surface area contributed by atoms with E-state index in [0.717, 1.165) is 43.1 Å². The Balaban J connectivity index is 1.68. The van der Waals surface area contributed by atoms with Gasteiger partial charge in [0.25, 0.3) is 0 Å². The second-order valence-electron chi connectivity index (χ2n) is 7.78. The third-order valence-corrected chi connectivity index (χ3v) is 5.82. The molecule has 3 heterocycles. The summed E-state index contributed by atoms with van der Waals surface area (Å²) in [6.45, 7) is 2.05. The fraction of sp³-hybridized carbons (Fsp3) is 0.381. The molecule has 1 aromatic carbocycles. The molecule has 0 spiro atoms. The average Bonchev–Trinajstić information content (AvgIpc) is 3.49. The van der Waals surface area contributed by atoms with E-state index in [2.05, 4.69) is 20.5 Å². The molecule has 0 saturated heterocycles. The molecule has 0 N–H and O–H groups in total. The predicted molar refractivity (Wildman–Crippen MR) is 107 cm³/mol. The SMILES string of the molecule is Cc1nnc(-c2cccc(F)c2F)c2nc(OCc3cnnn3C)c(C3CCCC3)n12. The van der Waals surface area contributed by atoms with Gasteiger partial charge in [-0.1, -0.05) is 24.1 Å². The maximum atomic E-state index is 14.6. The van der Waals surface area contributed by atoms with Crippen molar-refractivity contribution in [2.45, 2.75) is 45.1 Å². The molecule has 1 fully saturated rings. The molecule has 31 heavy (non-hydrogen) atoms. The lowest BCUT2D eigenvalue weighted by Crippen LogP contribution is -2.09. The van der Waals surface area contributed by atoms with Gasteiger partial charge in [0.1, 0.15) is 18.1 Å². The summed E-state index contributed by atoms with van der Waals surface area (Å²) in [6.07, 6.45) is 5.87. The lowest BCUT2D eigenvalue weighted by Gasteiger charge is -2.13. The van der Waals surface area contributed by atoms with E-state index in [1.807, 2.05) is 11.3 Å². The summed E-state index contributed by atoms with van der Waals surface area (Å²) < 4.78 is 38.1. The molecule has 1 aliphatic rings. The van der Waals surface area contributed by atoms with E-state index in [-0.39, 0.29) is 23.8 Å². The van der Waals surface area contributed by atoms with Crippen LogP contribution in [0.3, 0.4) is 0 Å². The van der Waals surface area contributed by atoms with E-state index in [1.54, 1.807) is 17.9 Å². The Hall–Kier alpha value is -3.43. The molecule has 5 rings (SSSR count). The second kappa shape index (κ2) is 7.68. The van der Waals surface area contributed by atoms with Crippen molar-refractivity contribution in [3.05, 3.63) is 53.2 Å². The van der Waals surface area contributed by atoms with Crippen molar-refractivity contribution in [1.82, 2.24) is 34.6 Å². The van der Waals surface area contributed by atoms with Crippen LogP contribution < -0.4 is 4.74 Å². The van der Waals surface area contributed by atoms with E-state index in [1.165, 1.54) is 12.1 Å². The number of fused-ring (bicyclic) bond motifs is 1. The molecule has 3 aromatic heterocycles. The molecule has 8 nitrogen and oxygen atoms in total. The highest BCUT2D eigenvalue weighted by Crippen LogP contribution is 2.41. The quantitative estimate of drug-likeness (QED) is 0.484. The number of nitrogens with zero attached hydrogens (tertiary/aromatic N) is 7. The highest BCUT2D eigenvalue weighted by Gasteiger charge is 2.29. The van der Waals surface area contributed by atoms with Gasteiger partial charge in [0.2, 0.25) is 5.88 Å². The molecular formula is C21H21F2N7O. The number of rotatable bonds is 5. The van der Waals surface area contributed by atoms with Gasteiger partial charge in [-0.3, -0.25) is 4.40 Å². The molecule has 1 saturated carbocycles. The topological polar surface area (TPSA) is 83.0 Å². The highest BCUT2D eigenvalue weighted by molar-refractivity contribution is 5.75. The van der Waals surface area contributed by atoms with Gasteiger partial charge in [0, 0.05) is 18.5 Å². The van der Waals surface area contributed by atoms with Crippen LogP contribution in [0.25, 0.3) is 16.9 Å². The van der Waals surface area contributed by atoms with Crippen LogP contribution in [0.2, 0.25) is 0 Å². The number of hydrogen-bond donors (Lipinski definition) is 0. The number of aromatic nitrogens is 7. The van der Waals surface area contributed by atoms with Crippen LogP contribution in [0.4, 0.5) is 8.78 Å². The molecule has 4 aromatic rings. The first-order chi connectivity index (χ1) is 15.0. The van der Waals surface area contributed by atoms with Crippen molar-refractivity contribution in [1.29, 1.82) is 0 Å². The Morgan fingerprint density at radius 3 is 2.71 bits per heavy atom. The number of halogens is 2. The van der Waals surface area contributed by atoms with E-state index >= 15 is 0 Å². The fourth-order valence-electron chi connectivity index (χ4n) is 4.22. The lowest BCUT2D eigenvalue weighted by molar-refractivity contribution is 0.279. The van der Waals surface area contributed by atoms with Crippen LogP contribution >= 0.6 is 0 Å². The predicted octanol–water partition coefficient (Wildman–Crippen LogP) is 3.74. The summed E-state index contributed by atoms with van der Waals surface area (Å²) in [4.78, 5) is 4.69. The summed E-state index contributed by atoms with van der Waals surface area (Å²) in [5.74, 6) is -0.619. The van der Waals surface area contributed by atoms with Crippen molar-refractivity contribution in [2.24, 2.45) is 7.05 Å². The van der Waals surface area contributed by atoms with Crippen molar-refractivity contribution in [3.63, 3.8) is 0 Å². The number of hydrogen-bond acceptors (Lipinski definition) is 6. The van der Waals surface area contributed by atoms with Crippen LogP contribution in [0, 0.1) is 18.6 Å². The maximum absolute atomic E-state index is 14.6. The zero-order chi connectivity index (χ0) is 21.5. The highest BCUT2D eigenvalue weighted by atomic mass is 19.2. The van der Waals surface area contributed by atoms with Crippen LogP contribution in [0.1, 0.15) is 48.8 Å². The van der Waals surface area contributed by atoms with Gasteiger partial charge < -0.3 is 4.74 Å². The number of benzene rings is 1. The van der Waals surface area contributed by atoms with Crippen molar-refractivity contribution < 1.29 is 13.5 Å². The molecule has 160 valence electrons. The largest absolute Gasteiger partial charge is 0.470 e. The first-order valence-corrected chi connectivity index (χ1v) is 10.2. The smallest absolute Gasteiger partial charge is 0.236 e. The Bertz CT molecular complexity index is 1260. The monoisotopic (exact) mass is 425 g/mol. The van der Waals surface area contributed by atoms with E-state index in [9.17, 15) is 8.78 Å². The second-order valence-corrected chi connectivity index (χ2v) is 7.78. The van der Waals surface area contributed by atoms with E-state index in [0.29, 0.717) is 17.4 Å². The summed E-state index contributed by atoms with van der Waals surface area (Å²) >= 11 is 0. The van der Waals surface area contributed by atoms with Crippen LogP contribution in [0.5, 0.6) is 5.88 Å². The minimum Gasteiger partial charge on any atom is -0.470 e. The first-order valence-electron chi connectivity index (χ1n) is 10.2. The minimum atomic E-state index is -0.976. The van der Waals surface area contributed by atoms with E-state index in [4.69, 9.17) is 9.72 Å². The summed E-state index contributed by atoms with van der Waals surface area (Å²) in [5.41, 5.74) is 2.28. The number of ether oxygens (including phenoxy) is 1. The number of imidazole rings is 1. The summed E-state index contributed by atoms with van der Waals surface area (Å²) in [5, 5.41) is 16.2. The van der Waals surface area contributed by atoms with Gasteiger partial charge in [-0.05, 0) is 31.9 Å². The molecule has 0 atom stereocenters. The summed E-state index contributed by atoms with van der Waals surface area (Å²) in [6, 6.07) is 3.99. The van der Waals surface area contributed by atoms with Crippen molar-refractivity contribution >= 4 is 5.65 Å². The van der Waals surface area contributed by atoms with E-state index < -0.39 is 11.6 Å². The third kappa shape index (κ3) is 3.31. The zero-order valence-electron chi connectivity index (χ0n) is 17.2. The van der Waals surface area contributed by atoms with Gasteiger partial charge in [0.15, 0.2) is 17.3 Å². The molecular weight excluding hydrogens is 404 g/mol. The Kier molecular flexibility index (Phi) is 4.84. The Labute approximate surface area is 176 Å². The van der Waals surface area contributed by atoms with Gasteiger partial charge in [-0.15, -0.1) is 15.3 Å². The van der Waals surface area contributed by atoms with Gasteiger partial charge in [-0.25, -0.2) is 13.5 Å². The normalized spacial score (nSPS) is 14.6. The molecule has 0 aliphatic heterocycles. The molecule has 0 bridgehead atoms. The zero-order valence-corrected chi connectivity index (χ0v) is 17.2. The fourth-order valence-corrected chi connectivity index (χ4v) is 4.22. The molecule has 0 unspecified atom stereocenters. The van der Waals surface area contributed by atoms with Gasteiger partial charge in [0.05, 0.1) is 17.6 Å². The lowest BCUT2D eigenvalue weighted by atomic mass is 10.0.